The smallest absolute Gasteiger partial charge is 0.0953 e. The lowest BCUT2D eigenvalue weighted by Gasteiger charge is -2.17. The van der Waals surface area contributed by atoms with Crippen molar-refractivity contribution in [2.45, 2.75) is 26.3 Å². The molecule has 2 rings (SSSR count). The standard InChI is InChI=1S/C13H16BrNOS/c1-3-5-15-13(10-4-6-16-8-10)11-7-12(14)17-9(11)2/h4,6-8,13,15H,3,5H2,1-2H3. The molecule has 1 atom stereocenters. The van der Waals surface area contributed by atoms with Crippen LogP contribution >= 0.6 is 27.3 Å². The molecule has 92 valence electrons. The van der Waals surface area contributed by atoms with Crippen LogP contribution in [0.3, 0.4) is 0 Å². The summed E-state index contributed by atoms with van der Waals surface area (Å²) in [6, 6.07) is 4.45. The van der Waals surface area contributed by atoms with E-state index in [1.54, 1.807) is 17.6 Å². The molecular formula is C13H16BrNOS. The molecule has 2 aromatic rings. The minimum absolute atomic E-state index is 0.233. The Morgan fingerprint density at radius 2 is 2.35 bits per heavy atom. The van der Waals surface area contributed by atoms with E-state index in [1.807, 2.05) is 12.3 Å². The molecule has 0 radical (unpaired) electrons. The molecule has 2 heterocycles. The molecule has 0 saturated heterocycles. The van der Waals surface area contributed by atoms with Crippen molar-refractivity contribution in [3.63, 3.8) is 0 Å². The van der Waals surface area contributed by atoms with Crippen molar-refractivity contribution >= 4 is 27.3 Å². The molecule has 0 saturated carbocycles. The highest BCUT2D eigenvalue weighted by Crippen LogP contribution is 2.33. The third-order valence-electron chi connectivity index (χ3n) is 2.71. The zero-order valence-corrected chi connectivity index (χ0v) is 12.4. The number of hydrogen-bond acceptors (Lipinski definition) is 3. The lowest BCUT2D eigenvalue weighted by Crippen LogP contribution is -2.22. The molecule has 0 aliphatic heterocycles. The summed E-state index contributed by atoms with van der Waals surface area (Å²) >= 11 is 5.32. The van der Waals surface area contributed by atoms with Gasteiger partial charge in [0.05, 0.1) is 22.4 Å². The van der Waals surface area contributed by atoms with Crippen LogP contribution in [0.15, 0.2) is 32.9 Å². The number of hydrogen-bond donors (Lipinski definition) is 1. The highest BCUT2D eigenvalue weighted by Gasteiger charge is 2.18. The van der Waals surface area contributed by atoms with Crippen LogP contribution in [0, 0.1) is 6.92 Å². The number of halogens is 1. The first-order chi connectivity index (χ1) is 8.22. The Kier molecular flexibility index (Phi) is 4.42. The van der Waals surface area contributed by atoms with Crippen molar-refractivity contribution in [3.05, 3.63) is 44.4 Å². The molecule has 0 aliphatic rings. The number of rotatable bonds is 5. The van der Waals surface area contributed by atoms with E-state index in [4.69, 9.17) is 4.42 Å². The number of thiophene rings is 1. The van der Waals surface area contributed by atoms with Gasteiger partial charge in [-0.05, 0) is 53.5 Å². The van der Waals surface area contributed by atoms with E-state index >= 15 is 0 Å². The Bertz CT molecular complexity index is 464. The zero-order chi connectivity index (χ0) is 12.3. The van der Waals surface area contributed by atoms with Crippen LogP contribution in [-0.4, -0.2) is 6.54 Å². The summed E-state index contributed by atoms with van der Waals surface area (Å²) < 4.78 is 6.37. The molecule has 0 spiro atoms. The van der Waals surface area contributed by atoms with Crippen molar-refractivity contribution in [2.24, 2.45) is 0 Å². The fourth-order valence-electron chi connectivity index (χ4n) is 1.88. The predicted molar refractivity (Wildman–Crippen MR) is 75.6 cm³/mol. The van der Waals surface area contributed by atoms with Crippen LogP contribution < -0.4 is 5.32 Å². The molecular weight excluding hydrogens is 298 g/mol. The lowest BCUT2D eigenvalue weighted by molar-refractivity contribution is 0.548. The van der Waals surface area contributed by atoms with Gasteiger partial charge in [0, 0.05) is 10.4 Å². The second kappa shape index (κ2) is 5.85. The van der Waals surface area contributed by atoms with Crippen LogP contribution in [0.4, 0.5) is 0 Å². The van der Waals surface area contributed by atoms with E-state index in [1.165, 1.54) is 19.8 Å². The van der Waals surface area contributed by atoms with Crippen molar-refractivity contribution < 1.29 is 4.42 Å². The average molecular weight is 314 g/mol. The SMILES string of the molecule is CCCNC(c1ccoc1)c1cc(Br)sc1C. The van der Waals surface area contributed by atoms with Crippen molar-refractivity contribution in [3.8, 4) is 0 Å². The Labute approximate surface area is 114 Å². The van der Waals surface area contributed by atoms with Crippen molar-refractivity contribution in [2.75, 3.05) is 6.54 Å². The van der Waals surface area contributed by atoms with Gasteiger partial charge in [-0.1, -0.05) is 6.92 Å². The van der Waals surface area contributed by atoms with E-state index in [0.717, 1.165) is 13.0 Å². The van der Waals surface area contributed by atoms with E-state index in [0.29, 0.717) is 0 Å². The van der Waals surface area contributed by atoms with Gasteiger partial charge in [0.15, 0.2) is 0 Å². The summed E-state index contributed by atoms with van der Waals surface area (Å²) in [5.41, 5.74) is 2.52. The third-order valence-corrected chi connectivity index (χ3v) is 4.28. The molecule has 2 aromatic heterocycles. The minimum atomic E-state index is 0.233. The summed E-state index contributed by atoms with van der Waals surface area (Å²) in [4.78, 5) is 1.34. The first-order valence-electron chi connectivity index (χ1n) is 5.73. The van der Waals surface area contributed by atoms with Gasteiger partial charge in [-0.15, -0.1) is 11.3 Å². The van der Waals surface area contributed by atoms with E-state index in [-0.39, 0.29) is 6.04 Å². The Balaban J connectivity index is 2.30. The first-order valence-corrected chi connectivity index (χ1v) is 7.34. The molecule has 1 N–H and O–H groups in total. The predicted octanol–water partition coefficient (Wildman–Crippen LogP) is 4.50. The Morgan fingerprint density at radius 3 is 2.88 bits per heavy atom. The normalized spacial score (nSPS) is 12.9. The molecule has 4 heteroatoms. The number of furan rings is 1. The van der Waals surface area contributed by atoms with Gasteiger partial charge in [-0.25, -0.2) is 0 Å². The molecule has 0 amide bonds. The summed E-state index contributed by atoms with van der Waals surface area (Å²) in [6.45, 7) is 5.34. The van der Waals surface area contributed by atoms with Gasteiger partial charge in [0.1, 0.15) is 0 Å². The Hall–Kier alpha value is -0.580. The molecule has 2 nitrogen and oxygen atoms in total. The van der Waals surface area contributed by atoms with Crippen LogP contribution in [-0.2, 0) is 0 Å². The van der Waals surface area contributed by atoms with Crippen LogP contribution in [0.5, 0.6) is 0 Å². The fourth-order valence-corrected chi connectivity index (χ4v) is 3.63. The van der Waals surface area contributed by atoms with Crippen molar-refractivity contribution in [1.82, 2.24) is 5.32 Å². The second-order valence-corrected chi connectivity index (χ2v) is 6.64. The van der Waals surface area contributed by atoms with Gasteiger partial charge in [0.2, 0.25) is 0 Å². The quantitative estimate of drug-likeness (QED) is 0.879. The monoisotopic (exact) mass is 313 g/mol. The highest BCUT2D eigenvalue weighted by atomic mass is 79.9. The van der Waals surface area contributed by atoms with Gasteiger partial charge in [-0.3, -0.25) is 0 Å². The molecule has 0 bridgehead atoms. The zero-order valence-electron chi connectivity index (χ0n) is 10.00. The minimum Gasteiger partial charge on any atom is -0.472 e. The average Bonchev–Trinajstić information content (AvgIpc) is 2.90. The maximum absolute atomic E-state index is 5.20. The first kappa shape index (κ1) is 12.9. The van der Waals surface area contributed by atoms with Gasteiger partial charge in [0.25, 0.3) is 0 Å². The Morgan fingerprint density at radius 1 is 1.53 bits per heavy atom. The summed E-state index contributed by atoms with van der Waals surface area (Å²) in [5, 5.41) is 3.57. The number of aryl methyl sites for hydroxylation is 1. The van der Waals surface area contributed by atoms with Crippen LogP contribution in [0.25, 0.3) is 0 Å². The van der Waals surface area contributed by atoms with Gasteiger partial charge >= 0.3 is 0 Å². The maximum Gasteiger partial charge on any atom is 0.0953 e. The van der Waals surface area contributed by atoms with E-state index < -0.39 is 0 Å². The molecule has 1 unspecified atom stereocenters. The third kappa shape index (κ3) is 3.00. The van der Waals surface area contributed by atoms with Gasteiger partial charge in [-0.2, -0.15) is 0 Å². The molecule has 17 heavy (non-hydrogen) atoms. The van der Waals surface area contributed by atoms with E-state index in [2.05, 4.69) is 41.2 Å². The second-order valence-electron chi connectivity index (χ2n) is 4.01. The fraction of sp³-hybridized carbons (Fsp3) is 0.385. The van der Waals surface area contributed by atoms with Crippen molar-refractivity contribution in [1.29, 1.82) is 0 Å². The van der Waals surface area contributed by atoms with Crippen LogP contribution in [0.2, 0.25) is 0 Å². The van der Waals surface area contributed by atoms with Crippen LogP contribution in [0.1, 0.15) is 35.4 Å². The van der Waals surface area contributed by atoms with E-state index in [9.17, 15) is 0 Å². The lowest BCUT2D eigenvalue weighted by atomic mass is 10.0. The summed E-state index contributed by atoms with van der Waals surface area (Å²) in [6.07, 6.45) is 4.67. The highest BCUT2D eigenvalue weighted by molar-refractivity contribution is 9.11. The summed E-state index contributed by atoms with van der Waals surface area (Å²) in [7, 11) is 0. The summed E-state index contributed by atoms with van der Waals surface area (Å²) in [5.74, 6) is 0. The molecule has 0 fully saturated rings. The topological polar surface area (TPSA) is 25.2 Å². The number of nitrogens with one attached hydrogen (secondary N) is 1. The molecule has 0 aliphatic carbocycles. The largest absolute Gasteiger partial charge is 0.472 e. The molecule has 0 aromatic carbocycles. The maximum atomic E-state index is 5.20. The van der Waals surface area contributed by atoms with Gasteiger partial charge < -0.3 is 9.73 Å².